The lowest BCUT2D eigenvalue weighted by Crippen LogP contribution is -2.52. The van der Waals surface area contributed by atoms with Crippen LogP contribution in [0.5, 0.6) is 5.75 Å². The smallest absolute Gasteiger partial charge is 0.269 e. The van der Waals surface area contributed by atoms with Gasteiger partial charge in [-0.15, -0.1) is 5.10 Å². The summed E-state index contributed by atoms with van der Waals surface area (Å²) in [5, 5.41) is 10.9. The Bertz CT molecular complexity index is 1100. The van der Waals surface area contributed by atoms with E-state index < -0.39 is 30.2 Å². The Hall–Kier alpha value is -2.60. The van der Waals surface area contributed by atoms with Crippen molar-refractivity contribution in [1.82, 2.24) is 19.9 Å². The maximum atomic E-state index is 15.1. The molecule has 1 N–H and O–H groups in total. The van der Waals surface area contributed by atoms with Gasteiger partial charge in [-0.2, -0.15) is 0 Å². The molecule has 1 aromatic carbocycles. The molecule has 0 spiro atoms. The molecule has 4 heterocycles. The molecule has 2 fully saturated rings. The van der Waals surface area contributed by atoms with Gasteiger partial charge in [-0.1, -0.05) is 21.1 Å². The number of hydrogen-bond acceptors (Lipinski definition) is 6. The van der Waals surface area contributed by atoms with Gasteiger partial charge < -0.3 is 19.7 Å². The molecule has 1 atom stereocenters. The van der Waals surface area contributed by atoms with Crippen LogP contribution in [0.3, 0.4) is 0 Å². The van der Waals surface area contributed by atoms with E-state index in [1.807, 2.05) is 0 Å². The van der Waals surface area contributed by atoms with Crippen LogP contribution >= 0.6 is 15.9 Å². The number of nitrogens with zero attached hydrogens (tertiary/aromatic N) is 4. The van der Waals surface area contributed by atoms with E-state index in [0.717, 1.165) is 23.4 Å². The molecule has 1 aromatic heterocycles. The topological polar surface area (TPSA) is 98.6 Å². The maximum absolute atomic E-state index is 15.1. The number of nitrogens with one attached hydrogen (secondary N) is 1. The fourth-order valence-electron chi connectivity index (χ4n) is 4.67. The molecule has 0 saturated carbocycles. The van der Waals surface area contributed by atoms with Crippen molar-refractivity contribution in [2.45, 2.75) is 37.6 Å². The van der Waals surface area contributed by atoms with E-state index in [1.54, 1.807) is 12.3 Å². The molecular weight excluding hydrogens is 516 g/mol. The summed E-state index contributed by atoms with van der Waals surface area (Å²) in [7, 11) is 0. The average Bonchev–Trinajstić information content (AvgIpc) is 3.29. The zero-order chi connectivity index (χ0) is 23.9. The Morgan fingerprint density at radius 3 is 2.82 bits per heavy atom. The molecule has 34 heavy (non-hydrogen) atoms. The number of anilines is 1. The first-order chi connectivity index (χ1) is 16.3. The van der Waals surface area contributed by atoms with E-state index in [-0.39, 0.29) is 43.3 Å². The summed E-state index contributed by atoms with van der Waals surface area (Å²) in [6, 6.07) is 3.13. The standard InChI is InChI=1S/C22H24BrF2N5O4/c23-15-7-16(20-18(8-15)34-11-19(31)26-20)21(32)29-4-1-14(22(24,25)12-29)9-30-10-17(27-28-30)13-2-5-33-6-3-13/h7-8,10,13-14H,1-6,9,11-12H2,(H,26,31). The third-order valence-corrected chi connectivity index (χ3v) is 7.02. The number of fused-ring (bicyclic) bond motifs is 1. The summed E-state index contributed by atoms with van der Waals surface area (Å²) >= 11 is 3.31. The van der Waals surface area contributed by atoms with Crippen molar-refractivity contribution >= 4 is 33.4 Å². The van der Waals surface area contributed by atoms with Crippen LogP contribution in [0, 0.1) is 5.92 Å². The number of ether oxygens (including phenoxy) is 2. The minimum atomic E-state index is -3.11. The van der Waals surface area contributed by atoms with Gasteiger partial charge in [0.05, 0.1) is 30.0 Å². The summed E-state index contributed by atoms with van der Waals surface area (Å²) in [4.78, 5) is 26.1. The van der Waals surface area contributed by atoms with E-state index in [0.29, 0.717) is 23.4 Å². The number of alkyl halides is 2. The molecule has 12 heteroatoms. The van der Waals surface area contributed by atoms with Gasteiger partial charge in [0.15, 0.2) is 6.61 Å². The number of carbonyl (C=O) groups is 2. The minimum Gasteiger partial charge on any atom is -0.482 e. The van der Waals surface area contributed by atoms with Gasteiger partial charge in [0, 0.05) is 42.3 Å². The highest BCUT2D eigenvalue weighted by Gasteiger charge is 2.46. The third-order valence-electron chi connectivity index (χ3n) is 6.56. The van der Waals surface area contributed by atoms with Gasteiger partial charge >= 0.3 is 0 Å². The van der Waals surface area contributed by atoms with Crippen molar-refractivity contribution in [3.63, 3.8) is 0 Å². The van der Waals surface area contributed by atoms with Crippen LogP contribution in [-0.2, 0) is 16.1 Å². The van der Waals surface area contributed by atoms with E-state index in [9.17, 15) is 9.59 Å². The highest BCUT2D eigenvalue weighted by Crippen LogP contribution is 2.38. The van der Waals surface area contributed by atoms with E-state index in [4.69, 9.17) is 9.47 Å². The fraction of sp³-hybridized carbons (Fsp3) is 0.545. The van der Waals surface area contributed by atoms with Crippen LogP contribution in [0.25, 0.3) is 0 Å². The van der Waals surface area contributed by atoms with Crippen molar-refractivity contribution < 1.29 is 27.8 Å². The minimum absolute atomic E-state index is 0.0292. The molecule has 182 valence electrons. The Morgan fingerprint density at radius 1 is 1.26 bits per heavy atom. The number of piperidine rings is 1. The molecule has 9 nitrogen and oxygen atoms in total. The third kappa shape index (κ3) is 4.65. The zero-order valence-electron chi connectivity index (χ0n) is 18.3. The number of likely N-dealkylation sites (tertiary alicyclic amines) is 1. The lowest BCUT2D eigenvalue weighted by Gasteiger charge is -2.38. The molecule has 3 aliphatic rings. The first kappa shape index (κ1) is 23.2. The largest absolute Gasteiger partial charge is 0.482 e. The molecule has 1 unspecified atom stereocenters. The van der Waals surface area contributed by atoms with Gasteiger partial charge in [0.25, 0.3) is 17.7 Å². The predicted molar refractivity (Wildman–Crippen MR) is 120 cm³/mol. The number of aromatic nitrogens is 3. The highest BCUT2D eigenvalue weighted by molar-refractivity contribution is 9.10. The van der Waals surface area contributed by atoms with Crippen LogP contribution in [0.1, 0.15) is 41.2 Å². The first-order valence-corrected chi connectivity index (χ1v) is 12.0. The fourth-order valence-corrected chi connectivity index (χ4v) is 5.11. The van der Waals surface area contributed by atoms with Crippen molar-refractivity contribution in [3.05, 3.63) is 34.1 Å². The van der Waals surface area contributed by atoms with E-state index >= 15 is 8.78 Å². The quantitative estimate of drug-likeness (QED) is 0.641. The predicted octanol–water partition coefficient (Wildman–Crippen LogP) is 3.06. The number of hydrogen-bond donors (Lipinski definition) is 1. The van der Waals surface area contributed by atoms with Gasteiger partial charge in [0.1, 0.15) is 5.75 Å². The van der Waals surface area contributed by atoms with Crippen LogP contribution in [0.2, 0.25) is 0 Å². The van der Waals surface area contributed by atoms with Crippen molar-refractivity contribution in [1.29, 1.82) is 0 Å². The molecule has 0 bridgehead atoms. The summed E-state index contributed by atoms with van der Waals surface area (Å²) in [5.74, 6) is -4.50. The Balaban J connectivity index is 1.28. The normalized spacial score (nSPS) is 22.6. The van der Waals surface area contributed by atoms with Crippen LogP contribution in [-0.4, -0.2) is 70.5 Å². The van der Waals surface area contributed by atoms with Crippen LogP contribution < -0.4 is 10.1 Å². The number of rotatable bonds is 4. The SMILES string of the molecule is O=C1COc2cc(Br)cc(C(=O)N3CCC(Cn4cc(C5CCOCC5)nn4)C(F)(F)C3)c2N1. The summed E-state index contributed by atoms with van der Waals surface area (Å²) < 4.78 is 43.1. The first-order valence-electron chi connectivity index (χ1n) is 11.2. The average molecular weight is 540 g/mol. The molecule has 2 saturated heterocycles. The number of benzene rings is 1. The molecular formula is C22H24BrF2N5O4. The van der Waals surface area contributed by atoms with Gasteiger partial charge in [-0.05, 0) is 31.4 Å². The second-order valence-electron chi connectivity index (χ2n) is 8.89. The van der Waals surface area contributed by atoms with Crippen molar-refractivity contribution in [2.24, 2.45) is 5.92 Å². The van der Waals surface area contributed by atoms with Crippen molar-refractivity contribution in [3.8, 4) is 5.75 Å². The van der Waals surface area contributed by atoms with Gasteiger partial charge in [-0.25, -0.2) is 8.78 Å². The number of halogens is 3. The van der Waals surface area contributed by atoms with E-state index in [2.05, 4.69) is 31.6 Å². The number of carbonyl (C=O) groups excluding carboxylic acids is 2. The molecule has 3 aliphatic heterocycles. The summed E-state index contributed by atoms with van der Waals surface area (Å²) in [5.41, 5.74) is 1.13. The Labute approximate surface area is 202 Å². The summed E-state index contributed by atoms with van der Waals surface area (Å²) in [6.45, 7) is 0.642. The maximum Gasteiger partial charge on any atom is 0.269 e. The summed E-state index contributed by atoms with van der Waals surface area (Å²) in [6.07, 6.45) is 3.56. The molecule has 2 amide bonds. The van der Waals surface area contributed by atoms with Gasteiger partial charge in [-0.3, -0.25) is 14.3 Å². The lowest BCUT2D eigenvalue weighted by molar-refractivity contribution is -0.118. The van der Waals surface area contributed by atoms with E-state index in [1.165, 1.54) is 10.7 Å². The molecule has 5 rings (SSSR count). The Morgan fingerprint density at radius 2 is 2.06 bits per heavy atom. The second-order valence-corrected chi connectivity index (χ2v) is 9.80. The molecule has 2 aromatic rings. The monoisotopic (exact) mass is 539 g/mol. The zero-order valence-corrected chi connectivity index (χ0v) is 19.9. The van der Waals surface area contributed by atoms with Crippen molar-refractivity contribution in [2.75, 3.05) is 38.2 Å². The van der Waals surface area contributed by atoms with Gasteiger partial charge in [0.2, 0.25) is 0 Å². The number of amides is 2. The second kappa shape index (κ2) is 9.21. The molecule has 0 radical (unpaired) electrons. The highest BCUT2D eigenvalue weighted by atomic mass is 79.9. The lowest BCUT2D eigenvalue weighted by atomic mass is 9.92. The molecule has 0 aliphatic carbocycles. The van der Waals surface area contributed by atoms with Crippen LogP contribution in [0.4, 0.5) is 14.5 Å². The Kier molecular flexibility index (Phi) is 6.28. The van der Waals surface area contributed by atoms with Crippen LogP contribution in [0.15, 0.2) is 22.8 Å².